The topological polar surface area (TPSA) is 78.5 Å². The van der Waals surface area contributed by atoms with Gasteiger partial charge in [0, 0.05) is 30.5 Å². The maximum Gasteiger partial charge on any atom is 0.255 e. The van der Waals surface area contributed by atoms with Gasteiger partial charge in [-0.05, 0) is 50.6 Å². The molecule has 2 N–H and O–H groups in total. The zero-order valence-corrected chi connectivity index (χ0v) is 16.3. The number of carbonyl (C=O) groups is 3. The van der Waals surface area contributed by atoms with Gasteiger partial charge in [-0.2, -0.15) is 0 Å². The van der Waals surface area contributed by atoms with Crippen LogP contribution in [0, 0.1) is 11.8 Å². The highest BCUT2D eigenvalue weighted by Crippen LogP contribution is 2.29. The number of nitrogens with zero attached hydrogens (tertiary/aromatic N) is 1. The van der Waals surface area contributed by atoms with E-state index in [9.17, 15) is 14.4 Å². The summed E-state index contributed by atoms with van der Waals surface area (Å²) in [4.78, 5) is 37.9. The number of unbranched alkanes of at least 4 members (excludes halogenated alkanes) is 4. The molecule has 2 heterocycles. The Bertz CT molecular complexity index is 822. The fourth-order valence-electron chi connectivity index (χ4n) is 3.73. The molecule has 0 radical (unpaired) electrons. The number of rotatable bonds is 7. The second kappa shape index (κ2) is 9.52. The highest BCUT2D eigenvalue weighted by Gasteiger charge is 2.39. The molecule has 1 aromatic carbocycles. The molecule has 0 aromatic heterocycles. The van der Waals surface area contributed by atoms with E-state index in [0.717, 1.165) is 30.5 Å². The minimum atomic E-state index is -0.587. The lowest BCUT2D eigenvalue weighted by Gasteiger charge is -2.29. The van der Waals surface area contributed by atoms with Gasteiger partial charge in [-0.3, -0.25) is 19.7 Å². The number of piperidine rings is 1. The summed E-state index contributed by atoms with van der Waals surface area (Å²) in [5.41, 5.74) is 2.36. The van der Waals surface area contributed by atoms with Crippen LogP contribution in [0.25, 0.3) is 0 Å². The standard InChI is InChI=1S/C22H27N3O3/c1-23-14-7-5-3-2-4-6-9-16-10-8-11-17-18(16)15-25(22(17)28)19-12-13-20(26)24-21(19)27/h8,10-11,19,23H,2-5,7,12-15H2,1H3,(H,24,26,27). The molecule has 6 nitrogen and oxygen atoms in total. The molecule has 2 aliphatic heterocycles. The molecule has 1 unspecified atom stereocenters. The molecular weight excluding hydrogens is 354 g/mol. The molecule has 1 fully saturated rings. The van der Waals surface area contributed by atoms with Crippen molar-refractivity contribution in [2.75, 3.05) is 13.6 Å². The zero-order valence-electron chi connectivity index (χ0n) is 16.3. The van der Waals surface area contributed by atoms with Crippen molar-refractivity contribution in [3.05, 3.63) is 34.9 Å². The van der Waals surface area contributed by atoms with Gasteiger partial charge in [0.15, 0.2) is 0 Å². The van der Waals surface area contributed by atoms with Gasteiger partial charge in [-0.15, -0.1) is 0 Å². The normalized spacial score (nSPS) is 18.5. The Morgan fingerprint density at radius 3 is 2.79 bits per heavy atom. The average Bonchev–Trinajstić information content (AvgIpc) is 3.01. The van der Waals surface area contributed by atoms with Crippen molar-refractivity contribution in [3.8, 4) is 11.8 Å². The maximum absolute atomic E-state index is 12.8. The second-order valence-electron chi connectivity index (χ2n) is 7.30. The third-order valence-corrected chi connectivity index (χ3v) is 5.28. The Kier molecular flexibility index (Phi) is 6.83. The van der Waals surface area contributed by atoms with Crippen molar-refractivity contribution in [1.29, 1.82) is 0 Å². The number of hydrogen-bond acceptors (Lipinski definition) is 4. The smallest absolute Gasteiger partial charge is 0.255 e. The molecular formula is C22H27N3O3. The lowest BCUT2D eigenvalue weighted by molar-refractivity contribution is -0.136. The molecule has 1 atom stereocenters. The van der Waals surface area contributed by atoms with Crippen LogP contribution in [0.15, 0.2) is 18.2 Å². The quantitative estimate of drug-likeness (QED) is 0.430. The Morgan fingerprint density at radius 2 is 2.00 bits per heavy atom. The van der Waals surface area contributed by atoms with Gasteiger partial charge in [0.25, 0.3) is 5.91 Å². The number of fused-ring (bicyclic) bond motifs is 1. The van der Waals surface area contributed by atoms with E-state index in [1.807, 2.05) is 19.2 Å². The van der Waals surface area contributed by atoms with E-state index in [-0.39, 0.29) is 24.1 Å². The van der Waals surface area contributed by atoms with E-state index in [2.05, 4.69) is 22.5 Å². The summed E-state index contributed by atoms with van der Waals surface area (Å²) in [5, 5.41) is 5.48. The first kappa shape index (κ1) is 20.1. The van der Waals surface area contributed by atoms with Crippen LogP contribution in [0.2, 0.25) is 0 Å². The van der Waals surface area contributed by atoms with E-state index < -0.39 is 6.04 Å². The predicted octanol–water partition coefficient (Wildman–Crippen LogP) is 1.97. The molecule has 148 valence electrons. The molecule has 0 aliphatic carbocycles. The molecule has 2 aliphatic rings. The van der Waals surface area contributed by atoms with Crippen LogP contribution >= 0.6 is 0 Å². The van der Waals surface area contributed by atoms with Crippen molar-refractivity contribution in [2.24, 2.45) is 0 Å². The molecule has 6 heteroatoms. The minimum Gasteiger partial charge on any atom is -0.322 e. The molecule has 0 bridgehead atoms. The van der Waals surface area contributed by atoms with E-state index in [0.29, 0.717) is 18.5 Å². The zero-order chi connectivity index (χ0) is 19.9. The van der Waals surface area contributed by atoms with Crippen molar-refractivity contribution < 1.29 is 14.4 Å². The number of hydrogen-bond donors (Lipinski definition) is 2. The molecule has 3 amide bonds. The molecule has 1 saturated heterocycles. The highest BCUT2D eigenvalue weighted by molar-refractivity contribution is 6.05. The van der Waals surface area contributed by atoms with E-state index in [4.69, 9.17) is 0 Å². The number of imide groups is 1. The summed E-state index contributed by atoms with van der Waals surface area (Å²) in [5.74, 6) is 5.62. The lowest BCUT2D eigenvalue weighted by Crippen LogP contribution is -2.52. The summed E-state index contributed by atoms with van der Waals surface area (Å²) < 4.78 is 0. The van der Waals surface area contributed by atoms with Crippen molar-refractivity contribution in [3.63, 3.8) is 0 Å². The fraction of sp³-hybridized carbons (Fsp3) is 0.500. The van der Waals surface area contributed by atoms with Gasteiger partial charge in [-0.1, -0.05) is 30.7 Å². The summed E-state index contributed by atoms with van der Waals surface area (Å²) >= 11 is 0. The number of nitrogens with one attached hydrogen (secondary N) is 2. The Morgan fingerprint density at radius 1 is 1.18 bits per heavy atom. The van der Waals surface area contributed by atoms with Crippen LogP contribution in [0.1, 0.15) is 66.4 Å². The highest BCUT2D eigenvalue weighted by atomic mass is 16.2. The number of benzene rings is 1. The second-order valence-corrected chi connectivity index (χ2v) is 7.30. The average molecular weight is 381 g/mol. The number of carbonyl (C=O) groups excluding carboxylic acids is 3. The van der Waals surface area contributed by atoms with Gasteiger partial charge in [0.2, 0.25) is 11.8 Å². The fourth-order valence-corrected chi connectivity index (χ4v) is 3.73. The summed E-state index contributed by atoms with van der Waals surface area (Å²) in [7, 11) is 1.97. The van der Waals surface area contributed by atoms with Crippen LogP contribution < -0.4 is 10.6 Å². The first-order chi connectivity index (χ1) is 13.6. The summed E-state index contributed by atoms with van der Waals surface area (Å²) in [6.07, 6.45) is 6.12. The SMILES string of the molecule is CNCCCCCCC#Cc1cccc2c1CN(C1CCC(=O)NC1=O)C2=O. The van der Waals surface area contributed by atoms with E-state index >= 15 is 0 Å². The molecule has 1 aromatic rings. The van der Waals surface area contributed by atoms with Crippen LogP contribution in [0.5, 0.6) is 0 Å². The Balaban J connectivity index is 1.62. The van der Waals surface area contributed by atoms with Gasteiger partial charge in [-0.25, -0.2) is 0 Å². The monoisotopic (exact) mass is 381 g/mol. The Labute approximate surface area is 166 Å². The third kappa shape index (κ3) is 4.60. The van der Waals surface area contributed by atoms with Crippen LogP contribution in [-0.4, -0.2) is 42.3 Å². The molecule has 0 spiro atoms. The summed E-state index contributed by atoms with van der Waals surface area (Å²) in [6.45, 7) is 1.43. The molecule has 0 saturated carbocycles. The first-order valence-corrected chi connectivity index (χ1v) is 10.0. The Hall–Kier alpha value is -2.65. The van der Waals surface area contributed by atoms with Crippen molar-refractivity contribution in [1.82, 2.24) is 15.5 Å². The lowest BCUT2D eigenvalue weighted by atomic mass is 10.0. The third-order valence-electron chi connectivity index (χ3n) is 5.28. The van der Waals surface area contributed by atoms with Gasteiger partial charge >= 0.3 is 0 Å². The maximum atomic E-state index is 12.8. The van der Waals surface area contributed by atoms with Crippen molar-refractivity contribution in [2.45, 2.75) is 57.5 Å². The van der Waals surface area contributed by atoms with Crippen molar-refractivity contribution >= 4 is 17.7 Å². The number of amides is 3. The predicted molar refractivity (Wildman–Crippen MR) is 106 cm³/mol. The van der Waals surface area contributed by atoms with E-state index in [1.165, 1.54) is 19.3 Å². The largest absolute Gasteiger partial charge is 0.322 e. The van der Waals surface area contributed by atoms with Crippen LogP contribution in [0.4, 0.5) is 0 Å². The minimum absolute atomic E-state index is 0.155. The van der Waals surface area contributed by atoms with Gasteiger partial charge < -0.3 is 10.2 Å². The molecule has 3 rings (SSSR count). The van der Waals surface area contributed by atoms with Crippen LogP contribution in [0.3, 0.4) is 0 Å². The van der Waals surface area contributed by atoms with E-state index in [1.54, 1.807) is 11.0 Å². The van der Waals surface area contributed by atoms with Gasteiger partial charge in [0.1, 0.15) is 6.04 Å². The van der Waals surface area contributed by atoms with Crippen LogP contribution in [-0.2, 0) is 16.1 Å². The van der Waals surface area contributed by atoms with Gasteiger partial charge in [0.05, 0.1) is 0 Å². The molecule has 28 heavy (non-hydrogen) atoms. The summed E-state index contributed by atoms with van der Waals surface area (Å²) in [6, 6.07) is 4.97. The first-order valence-electron chi connectivity index (χ1n) is 10.0.